The second-order valence-corrected chi connectivity index (χ2v) is 16.0. The van der Waals surface area contributed by atoms with Gasteiger partial charge in [0.05, 0.1) is 16.8 Å². The molecule has 0 radical (unpaired) electrons. The van der Waals surface area contributed by atoms with E-state index in [0.29, 0.717) is 5.82 Å². The molecule has 0 bridgehead atoms. The van der Waals surface area contributed by atoms with Gasteiger partial charge in [0.25, 0.3) is 0 Å². The monoisotopic (exact) mass is 774 g/mol. The molecule has 2 nitrogen and oxygen atoms in total. The van der Waals surface area contributed by atoms with Crippen molar-refractivity contribution in [2.24, 2.45) is 0 Å². The Labute approximate surface area is 355 Å². The molecule has 0 spiro atoms. The van der Waals surface area contributed by atoms with Crippen molar-refractivity contribution in [3.05, 3.63) is 253 Å². The highest BCUT2D eigenvalue weighted by Crippen LogP contribution is 2.59. The van der Waals surface area contributed by atoms with Gasteiger partial charge in [-0.25, -0.2) is 9.97 Å². The minimum atomic E-state index is -0.601. The zero-order valence-corrected chi connectivity index (χ0v) is 33.3. The fourth-order valence-electron chi connectivity index (χ4n) is 10.3. The smallest absolute Gasteiger partial charge is 0.160 e. The fraction of sp³-hybridized carbons (Fsp3) is 0.0169. The molecule has 0 fully saturated rings. The summed E-state index contributed by atoms with van der Waals surface area (Å²) in [6, 6.07) is 83.5. The van der Waals surface area contributed by atoms with Crippen molar-refractivity contribution in [3.63, 3.8) is 0 Å². The number of hydrogen-bond donors (Lipinski definition) is 0. The van der Waals surface area contributed by atoms with Gasteiger partial charge in [0.1, 0.15) is 0 Å². The van der Waals surface area contributed by atoms with Crippen LogP contribution < -0.4 is 0 Å². The van der Waals surface area contributed by atoms with E-state index < -0.39 is 5.41 Å². The van der Waals surface area contributed by atoms with E-state index in [0.717, 1.165) is 33.5 Å². The van der Waals surface area contributed by atoms with Crippen molar-refractivity contribution in [1.29, 1.82) is 0 Å². The topological polar surface area (TPSA) is 25.8 Å². The Morgan fingerprint density at radius 1 is 0.328 bits per heavy atom. The summed E-state index contributed by atoms with van der Waals surface area (Å²) in [7, 11) is 0. The molecule has 10 aromatic carbocycles. The SMILES string of the molecule is c1ccc(-c2nc(-c3cccc4c3C(c3ccccc3)(c3ccccc3)c3ccccc3-4)cc(-c3c4ccccc4c(-c4ccccc4)c4ccc5ccccc5c34)n2)cc1. The predicted octanol–water partition coefficient (Wildman–Crippen LogP) is 15.0. The third kappa shape index (κ3) is 5.36. The summed E-state index contributed by atoms with van der Waals surface area (Å²) in [5.41, 5.74) is 14.2. The quantitative estimate of drug-likeness (QED) is 0.124. The third-order valence-corrected chi connectivity index (χ3v) is 12.7. The molecule has 0 saturated heterocycles. The van der Waals surface area contributed by atoms with E-state index in [-0.39, 0.29) is 0 Å². The van der Waals surface area contributed by atoms with Crippen LogP contribution in [0.15, 0.2) is 231 Å². The zero-order valence-electron chi connectivity index (χ0n) is 33.3. The third-order valence-electron chi connectivity index (χ3n) is 12.7. The Morgan fingerprint density at radius 2 is 0.852 bits per heavy atom. The van der Waals surface area contributed by atoms with E-state index in [1.165, 1.54) is 71.4 Å². The van der Waals surface area contributed by atoms with E-state index >= 15 is 0 Å². The molecule has 0 amide bonds. The summed E-state index contributed by atoms with van der Waals surface area (Å²) in [5, 5.41) is 7.12. The maximum atomic E-state index is 5.58. The number of benzene rings is 10. The van der Waals surface area contributed by atoms with Gasteiger partial charge in [0.2, 0.25) is 0 Å². The summed E-state index contributed by atoms with van der Waals surface area (Å²) in [6.07, 6.45) is 0. The number of aromatic nitrogens is 2. The van der Waals surface area contributed by atoms with Crippen LogP contribution in [0.5, 0.6) is 0 Å². The number of hydrogen-bond acceptors (Lipinski definition) is 2. The van der Waals surface area contributed by atoms with Gasteiger partial charge in [-0.1, -0.05) is 224 Å². The Bertz CT molecular complexity index is 3410. The molecule has 1 aliphatic rings. The van der Waals surface area contributed by atoms with Gasteiger partial charge in [0, 0.05) is 22.1 Å². The minimum Gasteiger partial charge on any atom is -0.228 e. The van der Waals surface area contributed by atoms with Crippen molar-refractivity contribution in [2.45, 2.75) is 5.41 Å². The summed E-state index contributed by atoms with van der Waals surface area (Å²) >= 11 is 0. The second-order valence-electron chi connectivity index (χ2n) is 16.0. The Morgan fingerprint density at radius 3 is 1.56 bits per heavy atom. The lowest BCUT2D eigenvalue weighted by Gasteiger charge is -2.35. The predicted molar refractivity (Wildman–Crippen MR) is 254 cm³/mol. The Balaban J connectivity index is 1.23. The van der Waals surface area contributed by atoms with Crippen LogP contribution in [0.4, 0.5) is 0 Å². The normalized spacial score (nSPS) is 12.7. The van der Waals surface area contributed by atoms with Crippen LogP contribution in [-0.4, -0.2) is 9.97 Å². The molecule has 1 heterocycles. The first-order valence-corrected chi connectivity index (χ1v) is 21.0. The summed E-state index contributed by atoms with van der Waals surface area (Å²) in [4.78, 5) is 11.2. The second kappa shape index (κ2) is 14.1. The molecule has 1 aromatic heterocycles. The molecule has 61 heavy (non-hydrogen) atoms. The number of rotatable bonds is 6. The van der Waals surface area contributed by atoms with Gasteiger partial charge in [-0.2, -0.15) is 0 Å². The minimum absolute atomic E-state index is 0.601. The highest BCUT2D eigenvalue weighted by atomic mass is 14.9. The van der Waals surface area contributed by atoms with E-state index in [2.05, 4.69) is 231 Å². The maximum absolute atomic E-state index is 5.58. The van der Waals surface area contributed by atoms with Crippen molar-refractivity contribution in [3.8, 4) is 56.2 Å². The fourth-order valence-corrected chi connectivity index (χ4v) is 10.3. The first kappa shape index (κ1) is 35.0. The van der Waals surface area contributed by atoms with Crippen LogP contribution in [0, 0.1) is 0 Å². The average molecular weight is 775 g/mol. The van der Waals surface area contributed by atoms with Crippen molar-refractivity contribution in [2.75, 3.05) is 0 Å². The van der Waals surface area contributed by atoms with E-state index in [4.69, 9.17) is 9.97 Å². The molecular formula is C59H38N2. The van der Waals surface area contributed by atoms with Gasteiger partial charge < -0.3 is 0 Å². The largest absolute Gasteiger partial charge is 0.228 e. The molecule has 284 valence electrons. The molecule has 0 atom stereocenters. The van der Waals surface area contributed by atoms with Crippen LogP contribution in [0.2, 0.25) is 0 Å². The number of fused-ring (bicyclic) bond motifs is 7. The molecule has 0 unspecified atom stereocenters. The van der Waals surface area contributed by atoms with Gasteiger partial charge in [-0.15, -0.1) is 0 Å². The molecular weight excluding hydrogens is 737 g/mol. The highest BCUT2D eigenvalue weighted by molar-refractivity contribution is 6.27. The van der Waals surface area contributed by atoms with Crippen LogP contribution >= 0.6 is 0 Å². The van der Waals surface area contributed by atoms with Crippen LogP contribution in [-0.2, 0) is 5.41 Å². The molecule has 1 aliphatic carbocycles. The van der Waals surface area contributed by atoms with E-state index in [9.17, 15) is 0 Å². The molecule has 0 N–H and O–H groups in total. The maximum Gasteiger partial charge on any atom is 0.160 e. The molecule has 0 aliphatic heterocycles. The van der Waals surface area contributed by atoms with Gasteiger partial charge in [-0.05, 0) is 77.5 Å². The average Bonchev–Trinajstić information content (AvgIpc) is 3.65. The van der Waals surface area contributed by atoms with Crippen LogP contribution in [0.25, 0.3) is 88.5 Å². The lowest BCUT2D eigenvalue weighted by Crippen LogP contribution is -2.29. The Kier molecular flexibility index (Phi) is 8.11. The summed E-state index contributed by atoms with van der Waals surface area (Å²) in [5.74, 6) is 0.691. The highest BCUT2D eigenvalue weighted by Gasteiger charge is 2.47. The zero-order chi connectivity index (χ0) is 40.3. The standard InChI is InChI=1S/C59H38N2/c1-5-21-40(22-6-1)54-46-31-15-16-32-47(46)56(55-44-29-14-13-20-39(44)36-37-50(54)55)53-38-52(60-58(61-53)41-23-7-2-8-24-41)49-34-19-33-48-45-30-17-18-35-51(45)59(57(48)49,42-25-9-3-10-26-42)43-27-11-4-12-28-43/h1-38H. The molecule has 0 saturated carbocycles. The summed E-state index contributed by atoms with van der Waals surface area (Å²) in [6.45, 7) is 0. The van der Waals surface area contributed by atoms with Gasteiger partial charge >= 0.3 is 0 Å². The molecule has 12 rings (SSSR count). The van der Waals surface area contributed by atoms with Crippen LogP contribution in [0.1, 0.15) is 22.3 Å². The first-order chi connectivity index (χ1) is 30.3. The lowest BCUT2D eigenvalue weighted by atomic mass is 9.66. The summed E-state index contributed by atoms with van der Waals surface area (Å²) < 4.78 is 0. The lowest BCUT2D eigenvalue weighted by molar-refractivity contribution is 0.769. The Hall–Kier alpha value is -7.94. The molecule has 2 heteroatoms. The van der Waals surface area contributed by atoms with Gasteiger partial charge in [-0.3, -0.25) is 0 Å². The van der Waals surface area contributed by atoms with E-state index in [1.54, 1.807) is 0 Å². The van der Waals surface area contributed by atoms with Crippen molar-refractivity contribution >= 4 is 32.3 Å². The van der Waals surface area contributed by atoms with Gasteiger partial charge in [0.15, 0.2) is 5.82 Å². The van der Waals surface area contributed by atoms with Crippen molar-refractivity contribution in [1.82, 2.24) is 9.97 Å². The van der Waals surface area contributed by atoms with Crippen LogP contribution in [0.3, 0.4) is 0 Å². The molecule has 11 aromatic rings. The number of nitrogens with zero attached hydrogens (tertiary/aromatic N) is 2. The van der Waals surface area contributed by atoms with Crippen molar-refractivity contribution < 1.29 is 0 Å². The first-order valence-electron chi connectivity index (χ1n) is 21.0. The van der Waals surface area contributed by atoms with E-state index in [1.807, 2.05) is 0 Å².